The van der Waals surface area contributed by atoms with Gasteiger partial charge in [-0.1, -0.05) is 24.3 Å². The number of aromatic nitrogens is 3. The molecule has 0 atom stereocenters. The minimum Gasteiger partial charge on any atom is -0.300 e. The second-order valence-electron chi connectivity index (χ2n) is 7.30. The Labute approximate surface area is 157 Å². The lowest BCUT2D eigenvalue weighted by Gasteiger charge is -2.08. The summed E-state index contributed by atoms with van der Waals surface area (Å²) in [5, 5.41) is 0. The van der Waals surface area contributed by atoms with Gasteiger partial charge in [0.15, 0.2) is 0 Å². The zero-order valence-electron chi connectivity index (χ0n) is 15.0. The third kappa shape index (κ3) is 3.01. The number of fused-ring (bicyclic) bond motifs is 2. The van der Waals surface area contributed by atoms with E-state index in [-0.39, 0.29) is 5.82 Å². The summed E-state index contributed by atoms with van der Waals surface area (Å²) >= 11 is 0. The van der Waals surface area contributed by atoms with Gasteiger partial charge in [-0.3, -0.25) is 4.98 Å². The maximum absolute atomic E-state index is 13.3. The van der Waals surface area contributed by atoms with Crippen molar-refractivity contribution in [1.82, 2.24) is 14.4 Å². The van der Waals surface area contributed by atoms with E-state index < -0.39 is 0 Å². The quantitative estimate of drug-likeness (QED) is 0.521. The van der Waals surface area contributed by atoms with Crippen molar-refractivity contribution in [2.24, 2.45) is 5.92 Å². The van der Waals surface area contributed by atoms with Crippen LogP contribution >= 0.6 is 0 Å². The molecular weight excluding hydrogens is 337 g/mol. The summed E-state index contributed by atoms with van der Waals surface area (Å²) in [5.74, 6) is 1.48. The van der Waals surface area contributed by atoms with Gasteiger partial charge < -0.3 is 4.40 Å². The average Bonchev–Trinajstić information content (AvgIpc) is 3.28. The van der Waals surface area contributed by atoms with Gasteiger partial charge in [0.1, 0.15) is 11.6 Å². The summed E-state index contributed by atoms with van der Waals surface area (Å²) in [6, 6.07) is 15.3. The van der Waals surface area contributed by atoms with Gasteiger partial charge in [0, 0.05) is 24.4 Å². The lowest BCUT2D eigenvalue weighted by atomic mass is 10.00. The number of imidazole rings is 1. The molecule has 2 aromatic carbocycles. The third-order valence-electron chi connectivity index (χ3n) is 5.55. The normalized spacial score (nSPS) is 14.0. The fourth-order valence-electron chi connectivity index (χ4n) is 4.19. The van der Waals surface area contributed by atoms with Crippen LogP contribution in [0.5, 0.6) is 0 Å². The van der Waals surface area contributed by atoms with Crippen LogP contribution in [-0.4, -0.2) is 14.4 Å². The van der Waals surface area contributed by atoms with Crippen LogP contribution < -0.4 is 0 Å². The Morgan fingerprint density at radius 3 is 2.48 bits per heavy atom. The van der Waals surface area contributed by atoms with Gasteiger partial charge in [-0.25, -0.2) is 9.37 Å². The van der Waals surface area contributed by atoms with Gasteiger partial charge >= 0.3 is 0 Å². The van der Waals surface area contributed by atoms with E-state index in [4.69, 9.17) is 4.98 Å². The van der Waals surface area contributed by atoms with Gasteiger partial charge in [-0.15, -0.1) is 0 Å². The number of benzene rings is 2. The minimum absolute atomic E-state index is 0.235. The Balaban J connectivity index is 1.42. The number of rotatable bonds is 4. The van der Waals surface area contributed by atoms with Crippen LogP contribution in [0.25, 0.3) is 16.8 Å². The van der Waals surface area contributed by atoms with Crippen molar-refractivity contribution in [1.29, 1.82) is 0 Å². The van der Waals surface area contributed by atoms with Crippen LogP contribution in [0.2, 0.25) is 0 Å². The molecule has 0 fully saturated rings. The topological polar surface area (TPSA) is 30.2 Å². The van der Waals surface area contributed by atoms with Crippen molar-refractivity contribution >= 4 is 5.52 Å². The molecule has 0 spiro atoms. The molecule has 0 unspecified atom stereocenters. The molecule has 0 bridgehead atoms. The Bertz CT molecular complexity index is 1070. The Kier molecular flexibility index (Phi) is 3.97. The van der Waals surface area contributed by atoms with E-state index in [9.17, 15) is 4.39 Å². The highest BCUT2D eigenvalue weighted by Gasteiger charge is 2.22. The second kappa shape index (κ2) is 6.62. The maximum Gasteiger partial charge on any atom is 0.123 e. The van der Waals surface area contributed by atoms with Crippen molar-refractivity contribution in [3.63, 3.8) is 0 Å². The molecule has 0 saturated carbocycles. The molecule has 0 aliphatic heterocycles. The van der Waals surface area contributed by atoms with Crippen molar-refractivity contribution in [2.45, 2.75) is 25.7 Å². The van der Waals surface area contributed by atoms with Crippen LogP contribution in [0.15, 0.2) is 67.1 Å². The first-order valence-electron chi connectivity index (χ1n) is 9.41. The Morgan fingerprint density at radius 2 is 1.74 bits per heavy atom. The summed E-state index contributed by atoms with van der Waals surface area (Å²) < 4.78 is 15.4. The van der Waals surface area contributed by atoms with Crippen LogP contribution in [0.4, 0.5) is 4.39 Å². The van der Waals surface area contributed by atoms with E-state index >= 15 is 0 Å². The fraction of sp³-hybridized carbons (Fsp3) is 0.217. The predicted octanol–water partition coefficient (Wildman–Crippen LogP) is 4.88. The first-order chi connectivity index (χ1) is 13.3. The Morgan fingerprint density at radius 1 is 1.00 bits per heavy atom. The number of hydrogen-bond donors (Lipinski definition) is 0. The molecule has 1 aliphatic carbocycles. The number of hydrogen-bond acceptors (Lipinski definition) is 2. The molecule has 27 heavy (non-hydrogen) atoms. The van der Waals surface area contributed by atoms with E-state index in [1.807, 2.05) is 12.4 Å². The molecule has 0 amide bonds. The lowest BCUT2D eigenvalue weighted by Crippen LogP contribution is -2.04. The molecule has 2 aromatic heterocycles. The monoisotopic (exact) mass is 357 g/mol. The molecule has 2 heterocycles. The highest BCUT2D eigenvalue weighted by molar-refractivity contribution is 5.77. The van der Waals surface area contributed by atoms with Gasteiger partial charge in [-0.2, -0.15) is 0 Å². The first kappa shape index (κ1) is 16.2. The molecule has 134 valence electrons. The number of nitrogens with zero attached hydrogens (tertiary/aromatic N) is 3. The highest BCUT2D eigenvalue weighted by Crippen LogP contribution is 2.30. The van der Waals surface area contributed by atoms with Crippen LogP contribution in [-0.2, 0) is 19.3 Å². The summed E-state index contributed by atoms with van der Waals surface area (Å²) in [7, 11) is 0. The summed E-state index contributed by atoms with van der Waals surface area (Å²) in [6.45, 7) is 0. The third-order valence-corrected chi connectivity index (χ3v) is 5.55. The maximum atomic E-state index is 13.3. The molecule has 3 nitrogen and oxygen atoms in total. The second-order valence-corrected chi connectivity index (χ2v) is 7.30. The van der Waals surface area contributed by atoms with E-state index in [0.717, 1.165) is 48.3 Å². The van der Waals surface area contributed by atoms with E-state index in [1.165, 1.54) is 23.3 Å². The number of halogens is 1. The van der Waals surface area contributed by atoms with E-state index in [1.54, 1.807) is 18.3 Å². The van der Waals surface area contributed by atoms with Gasteiger partial charge in [0.25, 0.3) is 0 Å². The van der Waals surface area contributed by atoms with Gasteiger partial charge in [0.05, 0.1) is 17.4 Å². The van der Waals surface area contributed by atoms with Crippen LogP contribution in [0.3, 0.4) is 0 Å². The van der Waals surface area contributed by atoms with Crippen molar-refractivity contribution in [3.05, 3.63) is 89.9 Å². The molecular formula is C23H20FN3. The summed E-state index contributed by atoms with van der Waals surface area (Å²) in [6.07, 6.45) is 9.94. The first-order valence-corrected chi connectivity index (χ1v) is 9.41. The van der Waals surface area contributed by atoms with Gasteiger partial charge in [0.2, 0.25) is 0 Å². The zero-order chi connectivity index (χ0) is 18.2. The van der Waals surface area contributed by atoms with E-state index in [0.29, 0.717) is 5.92 Å². The molecule has 1 aliphatic rings. The van der Waals surface area contributed by atoms with Gasteiger partial charge in [-0.05, 0) is 60.6 Å². The molecule has 0 saturated heterocycles. The van der Waals surface area contributed by atoms with Crippen LogP contribution in [0.1, 0.15) is 23.4 Å². The lowest BCUT2D eigenvalue weighted by molar-refractivity contribution is 0.506. The van der Waals surface area contributed by atoms with Crippen molar-refractivity contribution in [2.75, 3.05) is 0 Å². The highest BCUT2D eigenvalue weighted by atomic mass is 19.1. The fourth-order valence-corrected chi connectivity index (χ4v) is 4.19. The SMILES string of the molecule is Fc1ccc(-c2nc(CCC3Cc4ccccc4C3)n3ccncc23)cc1. The molecule has 0 radical (unpaired) electrons. The van der Waals surface area contributed by atoms with Crippen LogP contribution in [0, 0.1) is 11.7 Å². The molecule has 4 heteroatoms. The summed E-state index contributed by atoms with van der Waals surface area (Å²) in [4.78, 5) is 9.16. The smallest absolute Gasteiger partial charge is 0.123 e. The largest absolute Gasteiger partial charge is 0.300 e. The minimum atomic E-state index is -0.235. The summed E-state index contributed by atoms with van der Waals surface area (Å²) in [5.41, 5.74) is 5.74. The Hall–Kier alpha value is -3.01. The zero-order valence-corrected chi connectivity index (χ0v) is 15.0. The van der Waals surface area contributed by atoms with Crippen molar-refractivity contribution in [3.8, 4) is 11.3 Å². The van der Waals surface area contributed by atoms with Crippen molar-refractivity contribution < 1.29 is 4.39 Å². The molecule has 5 rings (SSSR count). The predicted molar refractivity (Wildman–Crippen MR) is 104 cm³/mol. The molecule has 0 N–H and O–H groups in total. The number of aryl methyl sites for hydroxylation is 1. The molecule has 4 aromatic rings. The van der Waals surface area contributed by atoms with E-state index in [2.05, 4.69) is 33.7 Å². The average molecular weight is 357 g/mol. The standard InChI is InChI=1S/C23H20FN3/c24-20-8-6-17(7-9-20)23-21-15-25-11-12-27(21)22(26-23)10-5-16-13-18-3-1-2-4-19(18)14-16/h1-4,6-9,11-12,15-16H,5,10,13-14H2.